The Morgan fingerprint density at radius 1 is 1.41 bits per heavy atom. The number of esters is 1. The second-order valence-electron chi connectivity index (χ2n) is 3.40. The Morgan fingerprint density at radius 3 is 2.59 bits per heavy atom. The van der Waals surface area contributed by atoms with Gasteiger partial charge in [-0.3, -0.25) is 0 Å². The molecule has 1 aromatic carbocycles. The van der Waals surface area contributed by atoms with Gasteiger partial charge in [-0.25, -0.2) is 4.79 Å². The maximum absolute atomic E-state index is 11.7. The third-order valence-corrected chi connectivity index (χ3v) is 2.38. The van der Waals surface area contributed by atoms with E-state index in [1.807, 2.05) is 13.0 Å². The summed E-state index contributed by atoms with van der Waals surface area (Å²) >= 11 is 0. The van der Waals surface area contributed by atoms with Crippen molar-refractivity contribution < 1.29 is 14.3 Å². The number of ether oxygens (including phenoxy) is 2. The third-order valence-electron chi connectivity index (χ3n) is 2.38. The molecule has 0 amide bonds. The summed E-state index contributed by atoms with van der Waals surface area (Å²) in [6.07, 6.45) is 0.686. The van der Waals surface area contributed by atoms with Gasteiger partial charge in [0.2, 0.25) is 0 Å². The van der Waals surface area contributed by atoms with Crippen LogP contribution in [0, 0.1) is 11.3 Å². The molecule has 0 saturated heterocycles. The second kappa shape index (κ2) is 5.90. The van der Waals surface area contributed by atoms with Crippen LogP contribution in [0.2, 0.25) is 0 Å². The highest BCUT2D eigenvalue weighted by Gasteiger charge is 2.17. The Labute approximate surface area is 101 Å². The minimum absolute atomic E-state index is 0.292. The van der Waals surface area contributed by atoms with E-state index in [1.54, 1.807) is 13.0 Å². The van der Waals surface area contributed by atoms with E-state index in [4.69, 9.17) is 14.7 Å². The van der Waals surface area contributed by atoms with Gasteiger partial charge >= 0.3 is 5.97 Å². The van der Waals surface area contributed by atoms with Crippen molar-refractivity contribution in [3.8, 4) is 11.8 Å². The SMILES string of the molecule is CCOC(=O)c1cc(C#N)cc(CC)c1OC. The van der Waals surface area contributed by atoms with Crippen LogP contribution in [0.3, 0.4) is 0 Å². The minimum atomic E-state index is -0.462. The first-order chi connectivity index (χ1) is 8.17. The van der Waals surface area contributed by atoms with Crippen molar-refractivity contribution in [1.29, 1.82) is 5.26 Å². The fourth-order valence-electron chi connectivity index (χ4n) is 1.62. The van der Waals surface area contributed by atoms with E-state index >= 15 is 0 Å². The second-order valence-corrected chi connectivity index (χ2v) is 3.40. The van der Waals surface area contributed by atoms with Crippen molar-refractivity contribution in [2.75, 3.05) is 13.7 Å². The van der Waals surface area contributed by atoms with Gasteiger partial charge in [0.25, 0.3) is 0 Å². The number of nitriles is 1. The van der Waals surface area contributed by atoms with Crippen molar-refractivity contribution in [2.45, 2.75) is 20.3 Å². The van der Waals surface area contributed by atoms with E-state index in [0.717, 1.165) is 5.56 Å². The lowest BCUT2D eigenvalue weighted by Crippen LogP contribution is -2.09. The lowest BCUT2D eigenvalue weighted by Gasteiger charge is -2.12. The smallest absolute Gasteiger partial charge is 0.341 e. The maximum atomic E-state index is 11.7. The zero-order valence-corrected chi connectivity index (χ0v) is 10.2. The van der Waals surface area contributed by atoms with Crippen LogP contribution in [0.25, 0.3) is 0 Å². The van der Waals surface area contributed by atoms with Crippen molar-refractivity contribution in [1.82, 2.24) is 0 Å². The van der Waals surface area contributed by atoms with Crippen molar-refractivity contribution >= 4 is 5.97 Å². The van der Waals surface area contributed by atoms with Crippen LogP contribution >= 0.6 is 0 Å². The van der Waals surface area contributed by atoms with Gasteiger partial charge in [0.15, 0.2) is 0 Å². The van der Waals surface area contributed by atoms with Gasteiger partial charge in [0.1, 0.15) is 11.3 Å². The zero-order chi connectivity index (χ0) is 12.8. The molecule has 0 atom stereocenters. The Hall–Kier alpha value is -2.02. The quantitative estimate of drug-likeness (QED) is 0.749. The number of hydrogen-bond acceptors (Lipinski definition) is 4. The lowest BCUT2D eigenvalue weighted by atomic mass is 10.0. The molecule has 4 nitrogen and oxygen atoms in total. The molecule has 0 aliphatic carbocycles. The average Bonchev–Trinajstić information content (AvgIpc) is 2.37. The monoisotopic (exact) mass is 233 g/mol. The van der Waals surface area contributed by atoms with Crippen LogP contribution in [-0.2, 0) is 11.2 Å². The number of benzene rings is 1. The summed E-state index contributed by atoms with van der Waals surface area (Å²) in [5.74, 6) is 0.0288. The summed E-state index contributed by atoms with van der Waals surface area (Å²) in [5.41, 5.74) is 1.57. The Balaban J connectivity index is 3.35. The van der Waals surface area contributed by atoms with Crippen LogP contribution in [0.15, 0.2) is 12.1 Å². The number of hydrogen-bond donors (Lipinski definition) is 0. The summed E-state index contributed by atoms with van der Waals surface area (Å²) in [5, 5.41) is 8.91. The van der Waals surface area contributed by atoms with Gasteiger partial charge < -0.3 is 9.47 Å². The fourth-order valence-corrected chi connectivity index (χ4v) is 1.62. The van der Waals surface area contributed by atoms with E-state index in [-0.39, 0.29) is 0 Å². The minimum Gasteiger partial charge on any atom is -0.496 e. The molecule has 0 spiro atoms. The molecule has 17 heavy (non-hydrogen) atoms. The summed E-state index contributed by atoms with van der Waals surface area (Å²) in [6.45, 7) is 3.97. The number of rotatable bonds is 4. The first kappa shape index (κ1) is 13.0. The first-order valence-corrected chi connectivity index (χ1v) is 5.46. The molecular weight excluding hydrogens is 218 g/mol. The van der Waals surface area contributed by atoms with Crippen molar-refractivity contribution in [2.24, 2.45) is 0 Å². The Bertz CT molecular complexity index is 460. The highest BCUT2D eigenvalue weighted by molar-refractivity contribution is 5.93. The van der Waals surface area contributed by atoms with Gasteiger partial charge in [-0.2, -0.15) is 5.26 Å². The first-order valence-electron chi connectivity index (χ1n) is 5.46. The van der Waals surface area contributed by atoms with Crippen LogP contribution < -0.4 is 4.74 Å². The van der Waals surface area contributed by atoms with Crippen LogP contribution in [0.1, 0.15) is 35.3 Å². The maximum Gasteiger partial charge on any atom is 0.341 e. The molecule has 1 aromatic rings. The number of carbonyl (C=O) groups is 1. The van der Waals surface area contributed by atoms with Gasteiger partial charge in [0, 0.05) is 0 Å². The van der Waals surface area contributed by atoms with Gasteiger partial charge in [-0.15, -0.1) is 0 Å². The normalized spacial score (nSPS) is 9.53. The standard InChI is InChI=1S/C13H15NO3/c1-4-10-6-9(8-14)7-11(12(10)16-3)13(15)17-5-2/h6-7H,4-5H2,1-3H3. The van der Waals surface area contributed by atoms with Crippen LogP contribution in [0.5, 0.6) is 5.75 Å². The van der Waals surface area contributed by atoms with E-state index in [0.29, 0.717) is 29.9 Å². The lowest BCUT2D eigenvalue weighted by molar-refractivity contribution is 0.0522. The molecule has 1 rings (SSSR count). The van der Waals surface area contributed by atoms with E-state index in [2.05, 4.69) is 0 Å². The number of nitrogens with zero attached hydrogens (tertiary/aromatic N) is 1. The summed E-state index contributed by atoms with van der Waals surface area (Å²) in [4.78, 5) is 11.7. The molecule has 0 N–H and O–H groups in total. The van der Waals surface area contributed by atoms with Gasteiger partial charge in [-0.05, 0) is 31.0 Å². The molecule has 4 heteroatoms. The summed E-state index contributed by atoms with van der Waals surface area (Å²) in [7, 11) is 1.50. The predicted octanol–water partition coefficient (Wildman–Crippen LogP) is 2.31. The number of methoxy groups -OCH3 is 1. The molecule has 0 aromatic heterocycles. The largest absolute Gasteiger partial charge is 0.496 e. The molecule has 0 saturated carbocycles. The van der Waals surface area contributed by atoms with Crippen molar-refractivity contribution in [3.63, 3.8) is 0 Å². The highest BCUT2D eigenvalue weighted by atomic mass is 16.5. The molecule has 0 fully saturated rings. The van der Waals surface area contributed by atoms with Crippen LogP contribution in [-0.4, -0.2) is 19.7 Å². The third kappa shape index (κ3) is 2.76. The Morgan fingerprint density at radius 2 is 2.12 bits per heavy atom. The predicted molar refractivity (Wildman–Crippen MR) is 63.0 cm³/mol. The molecule has 0 unspecified atom stereocenters. The van der Waals surface area contributed by atoms with Crippen LogP contribution in [0.4, 0.5) is 0 Å². The van der Waals surface area contributed by atoms with E-state index in [9.17, 15) is 4.79 Å². The van der Waals surface area contributed by atoms with E-state index in [1.165, 1.54) is 13.2 Å². The number of carbonyl (C=O) groups excluding carboxylic acids is 1. The zero-order valence-electron chi connectivity index (χ0n) is 10.2. The molecule has 90 valence electrons. The number of aryl methyl sites for hydroxylation is 1. The van der Waals surface area contributed by atoms with E-state index < -0.39 is 5.97 Å². The summed E-state index contributed by atoms with van der Waals surface area (Å²) in [6, 6.07) is 5.25. The fraction of sp³-hybridized carbons (Fsp3) is 0.385. The Kier molecular flexibility index (Phi) is 4.53. The molecule has 0 aliphatic heterocycles. The molecule has 0 radical (unpaired) electrons. The van der Waals surface area contributed by atoms with Gasteiger partial charge in [-0.1, -0.05) is 6.92 Å². The highest BCUT2D eigenvalue weighted by Crippen LogP contribution is 2.27. The average molecular weight is 233 g/mol. The molecule has 0 bridgehead atoms. The molecule has 0 aliphatic rings. The molecule has 0 heterocycles. The summed E-state index contributed by atoms with van der Waals surface area (Å²) < 4.78 is 10.2. The molecular formula is C13H15NO3. The van der Waals surface area contributed by atoms with Crippen molar-refractivity contribution in [3.05, 3.63) is 28.8 Å². The van der Waals surface area contributed by atoms with Gasteiger partial charge in [0.05, 0.1) is 25.3 Å². The topological polar surface area (TPSA) is 59.3 Å².